The number of allylic oxidation sites excluding steroid dienone is 1. The lowest BCUT2D eigenvalue weighted by Gasteiger charge is -1.92. The minimum absolute atomic E-state index is 0.491. The van der Waals surface area contributed by atoms with Gasteiger partial charge in [0.15, 0.2) is 0 Å². The molecule has 1 aromatic carbocycles. The molecule has 0 spiro atoms. The number of rotatable bonds is 5. The van der Waals surface area contributed by atoms with Gasteiger partial charge in [-0.05, 0) is 18.6 Å². The Hall–Kier alpha value is -1.52. The van der Waals surface area contributed by atoms with Crippen LogP contribution in [0.1, 0.15) is 25.3 Å². The maximum Gasteiger partial charge on any atom is 0.108 e. The molecule has 0 bridgehead atoms. The second-order valence-corrected chi connectivity index (χ2v) is 3.44. The van der Waals surface area contributed by atoms with Gasteiger partial charge in [-0.15, -0.1) is 0 Å². The summed E-state index contributed by atoms with van der Waals surface area (Å²) >= 11 is 0. The van der Waals surface area contributed by atoms with E-state index in [1.807, 2.05) is 36.4 Å². The maximum absolute atomic E-state index is 5.34. The molecule has 1 rings (SSSR count). The highest BCUT2D eigenvalue weighted by molar-refractivity contribution is 5.33. The number of benzene rings is 1. The van der Waals surface area contributed by atoms with Gasteiger partial charge < -0.3 is 4.74 Å². The smallest absolute Gasteiger partial charge is 0.108 e. The van der Waals surface area contributed by atoms with Gasteiger partial charge in [0.05, 0.1) is 6.61 Å². The molecular formula is C15H18O. The Labute approximate surface area is 98.1 Å². The molecule has 0 aliphatic rings. The van der Waals surface area contributed by atoms with Crippen LogP contribution in [-0.2, 0) is 4.74 Å². The van der Waals surface area contributed by atoms with Gasteiger partial charge >= 0.3 is 0 Å². The van der Waals surface area contributed by atoms with E-state index in [0.717, 1.165) is 12.0 Å². The summed E-state index contributed by atoms with van der Waals surface area (Å²) in [5.74, 6) is 6.03. The van der Waals surface area contributed by atoms with Crippen LogP contribution in [0.3, 0.4) is 0 Å². The predicted octanol–water partition coefficient (Wildman–Crippen LogP) is 3.41. The summed E-state index contributed by atoms with van der Waals surface area (Å²) < 4.78 is 5.34. The van der Waals surface area contributed by atoms with Crippen molar-refractivity contribution < 1.29 is 4.74 Å². The molecule has 0 saturated heterocycles. The minimum atomic E-state index is 0.491. The van der Waals surface area contributed by atoms with Crippen LogP contribution in [-0.4, -0.2) is 13.2 Å². The molecule has 0 aliphatic heterocycles. The quantitative estimate of drug-likeness (QED) is 0.414. The summed E-state index contributed by atoms with van der Waals surface area (Å²) in [5.41, 5.74) is 1.03. The molecule has 0 aliphatic carbocycles. The topological polar surface area (TPSA) is 9.23 Å². The molecule has 0 heterocycles. The largest absolute Gasteiger partial charge is 0.365 e. The standard InChI is InChI=1S/C15H18O/c1-2-3-4-8-13-16-14-9-12-15-10-6-5-7-11-15/h4-8,10-11H,2-3,13-14H2,1H3/b8-4-. The van der Waals surface area contributed by atoms with Crippen molar-refractivity contribution in [2.45, 2.75) is 19.8 Å². The van der Waals surface area contributed by atoms with Crippen LogP contribution in [0.25, 0.3) is 0 Å². The van der Waals surface area contributed by atoms with E-state index >= 15 is 0 Å². The lowest BCUT2D eigenvalue weighted by molar-refractivity contribution is 0.199. The highest BCUT2D eigenvalue weighted by Gasteiger charge is 1.81. The number of ether oxygens (including phenoxy) is 1. The molecule has 1 aromatic rings. The Kier molecular flexibility index (Phi) is 6.87. The third-order valence-electron chi connectivity index (χ3n) is 2.02. The van der Waals surface area contributed by atoms with Gasteiger partial charge in [-0.25, -0.2) is 0 Å². The SMILES string of the molecule is CCC/C=C\COCC#Cc1ccccc1. The molecular weight excluding hydrogens is 196 g/mol. The first-order valence-electron chi connectivity index (χ1n) is 5.70. The van der Waals surface area contributed by atoms with E-state index in [1.54, 1.807) is 0 Å². The lowest BCUT2D eigenvalue weighted by atomic mass is 10.2. The molecule has 0 aromatic heterocycles. The van der Waals surface area contributed by atoms with Gasteiger partial charge in [-0.2, -0.15) is 0 Å². The fourth-order valence-electron chi connectivity index (χ4n) is 1.19. The molecule has 0 saturated carbocycles. The van der Waals surface area contributed by atoms with Crippen LogP contribution in [0.4, 0.5) is 0 Å². The van der Waals surface area contributed by atoms with E-state index in [-0.39, 0.29) is 0 Å². The molecule has 84 valence electrons. The van der Waals surface area contributed by atoms with Crippen molar-refractivity contribution in [3.63, 3.8) is 0 Å². The van der Waals surface area contributed by atoms with Gasteiger partial charge in [0, 0.05) is 5.56 Å². The lowest BCUT2D eigenvalue weighted by Crippen LogP contribution is -1.90. The fourth-order valence-corrected chi connectivity index (χ4v) is 1.19. The number of hydrogen-bond donors (Lipinski definition) is 0. The van der Waals surface area contributed by atoms with Gasteiger partial charge in [0.25, 0.3) is 0 Å². The molecule has 0 unspecified atom stereocenters. The van der Waals surface area contributed by atoms with Crippen LogP contribution in [0, 0.1) is 11.8 Å². The van der Waals surface area contributed by atoms with E-state index in [0.29, 0.717) is 13.2 Å². The summed E-state index contributed by atoms with van der Waals surface area (Å²) in [6.07, 6.45) is 6.50. The monoisotopic (exact) mass is 214 g/mol. The Morgan fingerprint density at radius 2 is 2.00 bits per heavy atom. The van der Waals surface area contributed by atoms with E-state index in [4.69, 9.17) is 4.74 Å². The maximum atomic E-state index is 5.34. The van der Waals surface area contributed by atoms with Gasteiger partial charge in [-0.3, -0.25) is 0 Å². The van der Waals surface area contributed by atoms with Crippen molar-refractivity contribution in [1.82, 2.24) is 0 Å². The predicted molar refractivity (Wildman–Crippen MR) is 68.2 cm³/mol. The van der Waals surface area contributed by atoms with Gasteiger partial charge in [0.2, 0.25) is 0 Å². The zero-order valence-corrected chi connectivity index (χ0v) is 9.78. The Bertz CT molecular complexity index is 354. The average molecular weight is 214 g/mol. The van der Waals surface area contributed by atoms with Crippen molar-refractivity contribution in [3.05, 3.63) is 48.0 Å². The number of unbranched alkanes of at least 4 members (excludes halogenated alkanes) is 1. The fraction of sp³-hybridized carbons (Fsp3) is 0.333. The van der Waals surface area contributed by atoms with E-state index < -0.39 is 0 Å². The first-order valence-corrected chi connectivity index (χ1v) is 5.70. The van der Waals surface area contributed by atoms with E-state index in [1.165, 1.54) is 6.42 Å². The van der Waals surface area contributed by atoms with Crippen molar-refractivity contribution in [2.75, 3.05) is 13.2 Å². The van der Waals surface area contributed by atoms with Gasteiger partial charge in [0.1, 0.15) is 6.61 Å². The third kappa shape index (κ3) is 6.06. The summed E-state index contributed by atoms with van der Waals surface area (Å²) in [6.45, 7) is 3.31. The summed E-state index contributed by atoms with van der Waals surface area (Å²) in [6, 6.07) is 9.94. The van der Waals surface area contributed by atoms with E-state index in [2.05, 4.69) is 24.8 Å². The number of hydrogen-bond acceptors (Lipinski definition) is 1. The highest BCUT2D eigenvalue weighted by Crippen LogP contribution is 1.94. The molecule has 1 nitrogen and oxygen atoms in total. The van der Waals surface area contributed by atoms with Gasteiger partial charge in [-0.1, -0.05) is 55.5 Å². The normalized spacial score (nSPS) is 10.1. The van der Waals surface area contributed by atoms with Crippen molar-refractivity contribution in [1.29, 1.82) is 0 Å². The Morgan fingerprint density at radius 1 is 1.19 bits per heavy atom. The van der Waals surface area contributed by atoms with Crippen molar-refractivity contribution in [3.8, 4) is 11.8 Å². The van der Waals surface area contributed by atoms with Crippen LogP contribution >= 0.6 is 0 Å². The summed E-state index contributed by atoms with van der Waals surface area (Å²) in [7, 11) is 0. The molecule has 1 heteroatoms. The minimum Gasteiger partial charge on any atom is -0.365 e. The summed E-state index contributed by atoms with van der Waals surface area (Å²) in [4.78, 5) is 0. The Morgan fingerprint density at radius 3 is 2.75 bits per heavy atom. The average Bonchev–Trinajstić information content (AvgIpc) is 2.34. The molecule has 0 amide bonds. The van der Waals surface area contributed by atoms with E-state index in [9.17, 15) is 0 Å². The zero-order valence-electron chi connectivity index (χ0n) is 9.78. The summed E-state index contributed by atoms with van der Waals surface area (Å²) in [5, 5.41) is 0. The molecule has 0 N–H and O–H groups in total. The zero-order chi connectivity index (χ0) is 11.5. The van der Waals surface area contributed by atoms with Crippen LogP contribution in [0.15, 0.2) is 42.5 Å². The molecule has 0 fully saturated rings. The second-order valence-electron chi connectivity index (χ2n) is 3.44. The molecule has 16 heavy (non-hydrogen) atoms. The first kappa shape index (κ1) is 12.5. The van der Waals surface area contributed by atoms with Crippen LogP contribution in [0.2, 0.25) is 0 Å². The second kappa shape index (κ2) is 8.76. The first-order chi connectivity index (χ1) is 7.93. The van der Waals surface area contributed by atoms with Crippen molar-refractivity contribution >= 4 is 0 Å². The molecule has 0 radical (unpaired) electrons. The third-order valence-corrected chi connectivity index (χ3v) is 2.02. The van der Waals surface area contributed by atoms with Crippen LogP contribution in [0.5, 0.6) is 0 Å². The Balaban J connectivity index is 2.14. The molecule has 0 atom stereocenters. The van der Waals surface area contributed by atoms with Crippen molar-refractivity contribution in [2.24, 2.45) is 0 Å². The van der Waals surface area contributed by atoms with Crippen LogP contribution < -0.4 is 0 Å². The highest BCUT2D eigenvalue weighted by atomic mass is 16.5.